The average Bonchev–Trinajstić information content (AvgIpc) is 2.85. The van der Waals surface area contributed by atoms with Crippen LogP contribution in [0, 0.1) is 13.8 Å². The second kappa shape index (κ2) is 6.90. The number of rotatable bonds is 6. The number of nitrogens with zero attached hydrogens (tertiary/aromatic N) is 2. The number of benzene rings is 1. The summed E-state index contributed by atoms with van der Waals surface area (Å²) in [6.07, 6.45) is 0.456. The van der Waals surface area contributed by atoms with Gasteiger partial charge in [0.1, 0.15) is 0 Å². The van der Waals surface area contributed by atoms with Gasteiger partial charge in [-0.15, -0.1) is 11.3 Å². The van der Waals surface area contributed by atoms with Crippen LogP contribution in [0.1, 0.15) is 34.9 Å². The largest absolute Gasteiger partial charge is 0.488 e. The molecular weight excluding hydrogens is 348 g/mol. The molecule has 0 saturated carbocycles. The van der Waals surface area contributed by atoms with E-state index in [2.05, 4.69) is 4.98 Å². The maximum absolute atomic E-state index is 13.0. The van der Waals surface area contributed by atoms with Crippen LogP contribution in [0.15, 0.2) is 22.4 Å². The highest BCUT2D eigenvalue weighted by Gasteiger charge is 2.29. The molecule has 6 nitrogen and oxygen atoms in total. The van der Waals surface area contributed by atoms with Crippen molar-refractivity contribution in [3.05, 3.63) is 34.5 Å². The number of thiazole rings is 1. The summed E-state index contributed by atoms with van der Waals surface area (Å²) in [6.45, 7) is 7.06. The third kappa shape index (κ3) is 3.44. The molecule has 0 aliphatic heterocycles. The van der Waals surface area contributed by atoms with E-state index in [0.717, 1.165) is 15.6 Å². The van der Waals surface area contributed by atoms with Gasteiger partial charge in [-0.3, -0.25) is 9.10 Å². The van der Waals surface area contributed by atoms with Gasteiger partial charge in [0, 0.05) is 7.05 Å². The Kier molecular flexibility index (Phi) is 5.29. The summed E-state index contributed by atoms with van der Waals surface area (Å²) in [4.78, 5) is 15.5. The molecule has 0 amide bonds. The number of para-hydroxylation sites is 1. The van der Waals surface area contributed by atoms with Crippen molar-refractivity contribution in [2.45, 2.75) is 38.0 Å². The molecule has 0 saturated heterocycles. The number of carbonyl (C=O) groups excluding carboxylic acids is 1. The summed E-state index contributed by atoms with van der Waals surface area (Å²) in [7, 11) is -2.35. The smallest absolute Gasteiger partial charge is 0.275 e. The Bertz CT molecular complexity index is 857. The Morgan fingerprint density at radius 2 is 1.96 bits per heavy atom. The number of aromatic nitrogens is 1. The molecule has 0 fully saturated rings. The van der Waals surface area contributed by atoms with Gasteiger partial charge >= 0.3 is 0 Å². The van der Waals surface area contributed by atoms with E-state index in [-0.39, 0.29) is 16.1 Å². The van der Waals surface area contributed by atoms with Gasteiger partial charge in [0.25, 0.3) is 10.0 Å². The highest BCUT2D eigenvalue weighted by molar-refractivity contribution is 7.94. The van der Waals surface area contributed by atoms with Crippen LogP contribution < -0.4 is 9.04 Å². The third-order valence-corrected chi connectivity index (χ3v) is 6.73. The molecule has 24 heavy (non-hydrogen) atoms. The maximum Gasteiger partial charge on any atom is 0.275 e. The molecule has 0 bridgehead atoms. The van der Waals surface area contributed by atoms with Crippen LogP contribution in [0.5, 0.6) is 5.75 Å². The van der Waals surface area contributed by atoms with E-state index in [4.69, 9.17) is 4.74 Å². The fourth-order valence-electron chi connectivity index (χ4n) is 2.25. The third-order valence-electron chi connectivity index (χ3n) is 3.30. The Hall–Kier alpha value is -1.93. The summed E-state index contributed by atoms with van der Waals surface area (Å²) in [5.74, 6) is 0.257. The summed E-state index contributed by atoms with van der Waals surface area (Å²) in [5, 5.41) is 0.680. The summed E-state index contributed by atoms with van der Waals surface area (Å²) in [6, 6.07) is 4.84. The van der Waals surface area contributed by atoms with Crippen LogP contribution in [0.2, 0.25) is 0 Å². The lowest BCUT2D eigenvalue weighted by molar-refractivity contribution is 0.111. The van der Waals surface area contributed by atoms with E-state index < -0.39 is 10.0 Å². The van der Waals surface area contributed by atoms with Crippen molar-refractivity contribution < 1.29 is 17.9 Å². The lowest BCUT2D eigenvalue weighted by atomic mass is 10.2. The van der Waals surface area contributed by atoms with Crippen molar-refractivity contribution >= 4 is 33.3 Å². The Morgan fingerprint density at radius 1 is 1.29 bits per heavy atom. The summed E-state index contributed by atoms with van der Waals surface area (Å²) >= 11 is 1.12. The predicted molar refractivity (Wildman–Crippen MR) is 94.8 cm³/mol. The zero-order chi connectivity index (χ0) is 18.1. The Labute approximate surface area is 146 Å². The summed E-state index contributed by atoms with van der Waals surface area (Å²) < 4.78 is 32.9. The van der Waals surface area contributed by atoms with Gasteiger partial charge < -0.3 is 4.74 Å². The molecule has 130 valence electrons. The van der Waals surface area contributed by atoms with E-state index in [1.54, 1.807) is 32.0 Å². The molecule has 0 unspecified atom stereocenters. The minimum Gasteiger partial charge on any atom is -0.488 e. The predicted octanol–water partition coefficient (Wildman–Crippen LogP) is 3.18. The average molecular weight is 368 g/mol. The first-order valence-electron chi connectivity index (χ1n) is 7.36. The van der Waals surface area contributed by atoms with E-state index in [1.807, 2.05) is 13.8 Å². The van der Waals surface area contributed by atoms with Crippen molar-refractivity contribution in [3.8, 4) is 5.75 Å². The van der Waals surface area contributed by atoms with Crippen LogP contribution in [0.25, 0.3) is 0 Å². The molecule has 2 aromatic rings. The minimum atomic E-state index is -3.79. The lowest BCUT2D eigenvalue weighted by Crippen LogP contribution is -2.27. The maximum atomic E-state index is 13.0. The molecule has 0 radical (unpaired) electrons. The number of aldehydes is 1. The minimum absolute atomic E-state index is 0.189. The van der Waals surface area contributed by atoms with Crippen LogP contribution in [-0.4, -0.2) is 32.8 Å². The molecule has 8 heteroatoms. The van der Waals surface area contributed by atoms with Gasteiger partial charge in [-0.25, -0.2) is 13.4 Å². The first-order chi connectivity index (χ1) is 11.2. The van der Waals surface area contributed by atoms with Crippen molar-refractivity contribution in [2.75, 3.05) is 11.4 Å². The van der Waals surface area contributed by atoms with Crippen LogP contribution in [0.3, 0.4) is 0 Å². The molecule has 0 spiro atoms. The Balaban J connectivity index is 2.59. The van der Waals surface area contributed by atoms with Gasteiger partial charge in [-0.1, -0.05) is 6.07 Å². The first kappa shape index (κ1) is 18.4. The zero-order valence-corrected chi connectivity index (χ0v) is 15.9. The molecule has 0 N–H and O–H groups in total. The number of hydrogen-bond acceptors (Lipinski definition) is 6. The van der Waals surface area contributed by atoms with Gasteiger partial charge in [0.2, 0.25) is 0 Å². The molecule has 0 aliphatic rings. The normalized spacial score (nSPS) is 11.6. The fourth-order valence-corrected chi connectivity index (χ4v) is 5.09. The molecule has 0 aliphatic carbocycles. The van der Waals surface area contributed by atoms with Crippen molar-refractivity contribution in [3.63, 3.8) is 0 Å². The number of carbonyl (C=O) groups is 1. The number of sulfonamides is 1. The quantitative estimate of drug-likeness (QED) is 0.732. The van der Waals surface area contributed by atoms with E-state index in [9.17, 15) is 13.2 Å². The van der Waals surface area contributed by atoms with E-state index in [0.29, 0.717) is 28.2 Å². The second-order valence-corrected chi connectivity index (χ2v) is 8.93. The Morgan fingerprint density at radius 3 is 2.46 bits per heavy atom. The van der Waals surface area contributed by atoms with Gasteiger partial charge in [-0.2, -0.15) is 0 Å². The monoisotopic (exact) mass is 368 g/mol. The van der Waals surface area contributed by atoms with Crippen molar-refractivity contribution in [1.82, 2.24) is 4.98 Å². The number of ether oxygens (including phenoxy) is 1. The molecule has 1 aromatic heterocycles. The van der Waals surface area contributed by atoms with Crippen LogP contribution >= 0.6 is 11.3 Å². The van der Waals surface area contributed by atoms with Gasteiger partial charge in [0.15, 0.2) is 16.2 Å². The molecular formula is C16H20N2O4S2. The number of hydrogen-bond donors (Lipinski definition) is 0. The number of aryl methyl sites for hydroxylation is 2. The van der Waals surface area contributed by atoms with Crippen molar-refractivity contribution in [1.29, 1.82) is 0 Å². The zero-order valence-electron chi connectivity index (χ0n) is 14.2. The fraction of sp³-hybridized carbons (Fsp3) is 0.375. The number of anilines is 1. The molecule has 1 heterocycles. The topological polar surface area (TPSA) is 76.6 Å². The van der Waals surface area contributed by atoms with Crippen LogP contribution in [0.4, 0.5) is 5.69 Å². The summed E-state index contributed by atoms with van der Waals surface area (Å²) in [5.41, 5.74) is 1.08. The van der Waals surface area contributed by atoms with E-state index >= 15 is 0 Å². The van der Waals surface area contributed by atoms with Crippen molar-refractivity contribution in [2.24, 2.45) is 0 Å². The highest BCUT2D eigenvalue weighted by Crippen LogP contribution is 2.36. The first-order valence-corrected chi connectivity index (χ1v) is 9.62. The SMILES string of the molecule is Cc1nc(C)c(S(=O)(=O)N(C)c2cccc(C=O)c2OC(C)C)s1. The van der Waals surface area contributed by atoms with Gasteiger partial charge in [-0.05, 0) is 39.8 Å². The van der Waals surface area contributed by atoms with E-state index in [1.165, 1.54) is 7.05 Å². The molecule has 0 atom stereocenters. The molecule has 2 rings (SSSR count). The van der Waals surface area contributed by atoms with Gasteiger partial charge in [0.05, 0.1) is 28.1 Å². The van der Waals surface area contributed by atoms with Crippen LogP contribution in [-0.2, 0) is 10.0 Å². The second-order valence-electron chi connectivity index (χ2n) is 5.56. The molecule has 1 aromatic carbocycles. The highest BCUT2D eigenvalue weighted by atomic mass is 32.2. The lowest BCUT2D eigenvalue weighted by Gasteiger charge is -2.23. The standard InChI is InChI=1S/C16H20N2O4S2/c1-10(2)22-15-13(9-19)7-6-8-14(15)18(5)24(20,21)16-11(3)17-12(4)23-16/h6-10H,1-5H3.